The van der Waals surface area contributed by atoms with Crippen molar-refractivity contribution in [3.63, 3.8) is 0 Å². The zero-order valence-corrected chi connectivity index (χ0v) is 6.77. The third-order valence-corrected chi connectivity index (χ3v) is 2.93. The van der Waals surface area contributed by atoms with E-state index in [1.807, 2.05) is 18.0 Å². The van der Waals surface area contributed by atoms with Crippen LogP contribution in [0.25, 0.3) is 0 Å². The van der Waals surface area contributed by atoms with Gasteiger partial charge in [0.05, 0.1) is 0 Å². The summed E-state index contributed by atoms with van der Waals surface area (Å²) >= 11 is 1.93. The van der Waals surface area contributed by atoms with Crippen molar-refractivity contribution < 1.29 is 0 Å². The van der Waals surface area contributed by atoms with Gasteiger partial charge in [0.1, 0.15) is 5.82 Å². The monoisotopic (exact) mass is 154 g/mol. The van der Waals surface area contributed by atoms with Crippen molar-refractivity contribution >= 4 is 11.8 Å². The maximum absolute atomic E-state index is 4.24. The Hall–Kier alpha value is -0.440. The lowest BCUT2D eigenvalue weighted by Gasteiger charge is -2.01. The molecule has 0 saturated heterocycles. The molecule has 2 nitrogen and oxygen atoms in total. The van der Waals surface area contributed by atoms with Gasteiger partial charge in [0.2, 0.25) is 0 Å². The van der Waals surface area contributed by atoms with Crippen LogP contribution in [0.3, 0.4) is 0 Å². The Bertz CT molecular complexity index is 211. The minimum atomic E-state index is 0.767. The minimum Gasteiger partial charge on any atom is -0.334 e. The van der Waals surface area contributed by atoms with E-state index in [9.17, 15) is 0 Å². The molecule has 0 aliphatic carbocycles. The highest BCUT2D eigenvalue weighted by atomic mass is 32.2. The number of aromatic nitrogens is 2. The first-order chi connectivity index (χ1) is 4.90. The fourth-order valence-electron chi connectivity index (χ4n) is 1.34. The van der Waals surface area contributed by atoms with Crippen LogP contribution in [0.1, 0.15) is 5.82 Å². The van der Waals surface area contributed by atoms with Gasteiger partial charge in [-0.05, 0) is 6.26 Å². The van der Waals surface area contributed by atoms with Crippen molar-refractivity contribution in [2.75, 3.05) is 6.26 Å². The van der Waals surface area contributed by atoms with E-state index in [0.29, 0.717) is 0 Å². The molecule has 1 aliphatic rings. The molecule has 0 unspecified atom stereocenters. The lowest BCUT2D eigenvalue weighted by Crippen LogP contribution is -2.02. The van der Waals surface area contributed by atoms with Crippen LogP contribution in [-0.4, -0.2) is 21.1 Å². The number of fused-ring (bicyclic) bond motifs is 1. The molecule has 54 valence electrons. The Labute approximate surface area is 64.6 Å². The van der Waals surface area contributed by atoms with Gasteiger partial charge in [-0.15, -0.1) is 0 Å². The number of nitrogens with zero attached hydrogens (tertiary/aromatic N) is 2. The number of thioether (sulfide) groups is 1. The lowest BCUT2D eigenvalue weighted by molar-refractivity contribution is 0.763. The molecule has 0 fully saturated rings. The van der Waals surface area contributed by atoms with E-state index in [-0.39, 0.29) is 0 Å². The predicted molar refractivity (Wildman–Crippen MR) is 43.2 cm³/mol. The molecule has 0 aromatic carbocycles. The summed E-state index contributed by atoms with van der Waals surface area (Å²) in [5.41, 5.74) is 0. The summed E-state index contributed by atoms with van der Waals surface area (Å²) in [6.07, 6.45) is 7.25. The van der Waals surface area contributed by atoms with Gasteiger partial charge in [-0.1, -0.05) is 0 Å². The lowest BCUT2D eigenvalue weighted by atomic mass is 10.3. The third-order valence-electron chi connectivity index (χ3n) is 1.95. The zero-order chi connectivity index (χ0) is 6.97. The summed E-state index contributed by atoms with van der Waals surface area (Å²) in [5, 5.41) is 0.767. The highest BCUT2D eigenvalue weighted by Crippen LogP contribution is 2.21. The first kappa shape index (κ1) is 6.28. The largest absolute Gasteiger partial charge is 0.334 e. The zero-order valence-electron chi connectivity index (χ0n) is 5.95. The molecule has 1 atom stereocenters. The molecule has 2 heterocycles. The van der Waals surface area contributed by atoms with E-state index in [4.69, 9.17) is 0 Å². The topological polar surface area (TPSA) is 17.8 Å². The number of hydrogen-bond acceptors (Lipinski definition) is 2. The second-order valence-corrected chi connectivity index (χ2v) is 3.70. The Morgan fingerprint density at radius 1 is 1.80 bits per heavy atom. The summed E-state index contributed by atoms with van der Waals surface area (Å²) in [6, 6.07) is 0. The molecular weight excluding hydrogens is 144 g/mol. The van der Waals surface area contributed by atoms with Gasteiger partial charge in [0.25, 0.3) is 0 Å². The minimum absolute atomic E-state index is 0.767. The predicted octanol–water partition coefficient (Wildman–Crippen LogP) is 1.17. The average molecular weight is 154 g/mol. The third kappa shape index (κ3) is 0.850. The van der Waals surface area contributed by atoms with Gasteiger partial charge in [-0.2, -0.15) is 11.8 Å². The molecular formula is C7H10N2S. The summed E-state index contributed by atoms with van der Waals surface area (Å²) in [4.78, 5) is 4.24. The summed E-state index contributed by atoms with van der Waals surface area (Å²) < 4.78 is 2.24. The summed E-state index contributed by atoms with van der Waals surface area (Å²) in [7, 11) is 0. The maximum atomic E-state index is 4.24. The van der Waals surface area contributed by atoms with Crippen LogP contribution < -0.4 is 0 Å². The standard InChI is InChI=1S/C7H10N2S/c1-10-6-4-7-8-2-3-9(7)5-6/h2-3,6H,4-5H2,1H3/t6-/m0/s1. The normalized spacial score (nSPS) is 23.1. The molecule has 0 bridgehead atoms. The maximum Gasteiger partial charge on any atom is 0.109 e. The molecule has 2 rings (SSSR count). The Kier molecular flexibility index (Phi) is 1.45. The van der Waals surface area contributed by atoms with Crippen molar-refractivity contribution in [2.24, 2.45) is 0 Å². The molecule has 0 saturated carbocycles. The average Bonchev–Trinajstić information content (AvgIpc) is 2.42. The van der Waals surface area contributed by atoms with Crippen molar-refractivity contribution in [1.29, 1.82) is 0 Å². The van der Waals surface area contributed by atoms with Crippen LogP contribution >= 0.6 is 11.8 Å². The molecule has 0 amide bonds. The molecule has 1 aliphatic heterocycles. The number of hydrogen-bond donors (Lipinski definition) is 0. The van der Waals surface area contributed by atoms with Gasteiger partial charge in [0, 0.05) is 30.6 Å². The highest BCUT2D eigenvalue weighted by Gasteiger charge is 2.19. The molecule has 10 heavy (non-hydrogen) atoms. The SMILES string of the molecule is CS[C@H]1Cc2nccn2C1. The Morgan fingerprint density at radius 3 is 3.40 bits per heavy atom. The molecule has 1 aromatic heterocycles. The smallest absolute Gasteiger partial charge is 0.109 e. The van der Waals surface area contributed by atoms with E-state index < -0.39 is 0 Å². The van der Waals surface area contributed by atoms with Gasteiger partial charge in [-0.25, -0.2) is 4.98 Å². The number of imidazole rings is 1. The van der Waals surface area contributed by atoms with Crippen LogP contribution in [0, 0.1) is 0 Å². The first-order valence-electron chi connectivity index (χ1n) is 3.43. The van der Waals surface area contributed by atoms with Gasteiger partial charge in [0.15, 0.2) is 0 Å². The van der Waals surface area contributed by atoms with Crippen LogP contribution in [0.15, 0.2) is 12.4 Å². The van der Waals surface area contributed by atoms with Gasteiger partial charge in [-0.3, -0.25) is 0 Å². The second-order valence-electron chi connectivity index (χ2n) is 2.56. The Balaban J connectivity index is 2.21. The fraction of sp³-hybridized carbons (Fsp3) is 0.571. The van der Waals surface area contributed by atoms with Crippen LogP contribution in [0.2, 0.25) is 0 Å². The quantitative estimate of drug-likeness (QED) is 0.604. The van der Waals surface area contributed by atoms with Crippen molar-refractivity contribution in [1.82, 2.24) is 9.55 Å². The molecule has 0 spiro atoms. The van der Waals surface area contributed by atoms with E-state index in [2.05, 4.69) is 22.0 Å². The first-order valence-corrected chi connectivity index (χ1v) is 4.72. The van der Waals surface area contributed by atoms with Gasteiger partial charge < -0.3 is 4.57 Å². The van der Waals surface area contributed by atoms with Crippen LogP contribution in [0.4, 0.5) is 0 Å². The number of rotatable bonds is 1. The van der Waals surface area contributed by atoms with Gasteiger partial charge >= 0.3 is 0 Å². The van der Waals surface area contributed by atoms with Crippen molar-refractivity contribution in [2.45, 2.75) is 18.2 Å². The van der Waals surface area contributed by atoms with Crippen molar-refractivity contribution in [3.8, 4) is 0 Å². The highest BCUT2D eigenvalue weighted by molar-refractivity contribution is 7.99. The van der Waals surface area contributed by atoms with E-state index in [1.54, 1.807) is 0 Å². The second kappa shape index (κ2) is 2.31. The molecule has 1 aromatic rings. The van der Waals surface area contributed by atoms with Crippen molar-refractivity contribution in [3.05, 3.63) is 18.2 Å². The fourth-order valence-corrected chi connectivity index (χ4v) is 1.97. The van der Waals surface area contributed by atoms with E-state index in [1.165, 1.54) is 5.82 Å². The van der Waals surface area contributed by atoms with Crippen LogP contribution in [-0.2, 0) is 13.0 Å². The Morgan fingerprint density at radius 2 is 2.70 bits per heavy atom. The molecule has 0 radical (unpaired) electrons. The molecule has 0 N–H and O–H groups in total. The summed E-state index contributed by atoms with van der Waals surface area (Å²) in [6.45, 7) is 1.15. The molecule has 3 heteroatoms. The van der Waals surface area contributed by atoms with Crippen LogP contribution in [0.5, 0.6) is 0 Å². The van der Waals surface area contributed by atoms with E-state index >= 15 is 0 Å². The summed E-state index contributed by atoms with van der Waals surface area (Å²) in [5.74, 6) is 1.25. The van der Waals surface area contributed by atoms with E-state index in [0.717, 1.165) is 18.2 Å².